The fraction of sp³-hybridized carbons (Fsp3) is 0.500. The zero-order valence-corrected chi connectivity index (χ0v) is 13.9. The number of hydrogen-bond donors (Lipinski definition) is 1. The van der Waals surface area contributed by atoms with Crippen molar-refractivity contribution < 1.29 is 0 Å². The second kappa shape index (κ2) is 6.02. The van der Waals surface area contributed by atoms with E-state index >= 15 is 0 Å². The van der Waals surface area contributed by atoms with E-state index in [9.17, 15) is 0 Å². The van der Waals surface area contributed by atoms with Gasteiger partial charge in [0.1, 0.15) is 0 Å². The van der Waals surface area contributed by atoms with Crippen molar-refractivity contribution >= 4 is 0 Å². The van der Waals surface area contributed by atoms with Gasteiger partial charge in [-0.3, -0.25) is 4.68 Å². The molecule has 2 aromatic rings. The van der Waals surface area contributed by atoms with Gasteiger partial charge in [0.25, 0.3) is 0 Å². The molecule has 0 aliphatic rings. The molecular formula is C18H27N3. The van der Waals surface area contributed by atoms with Crippen LogP contribution in [0.3, 0.4) is 0 Å². The van der Waals surface area contributed by atoms with Gasteiger partial charge in [0.15, 0.2) is 0 Å². The molecule has 21 heavy (non-hydrogen) atoms. The average Bonchev–Trinajstić information content (AvgIpc) is 2.80. The molecule has 0 bridgehead atoms. The maximum atomic E-state index is 6.36. The standard InChI is InChI=1S/C18H27N3/c1-6-15-12-17(21(5)20-15)16(19)11-13-7-9-14(10-8-13)18(2,3)4/h7-10,12,16H,6,11,19H2,1-5H3. The summed E-state index contributed by atoms with van der Waals surface area (Å²) in [6.45, 7) is 8.81. The normalized spacial score (nSPS) is 13.4. The molecule has 3 heteroatoms. The van der Waals surface area contributed by atoms with Crippen LogP contribution in [0.2, 0.25) is 0 Å². The first-order valence-corrected chi connectivity index (χ1v) is 7.69. The Morgan fingerprint density at radius 3 is 2.29 bits per heavy atom. The molecule has 0 saturated heterocycles. The summed E-state index contributed by atoms with van der Waals surface area (Å²) in [5.41, 5.74) is 11.4. The predicted molar refractivity (Wildman–Crippen MR) is 88.4 cm³/mol. The molecule has 1 aromatic heterocycles. The van der Waals surface area contributed by atoms with Crippen LogP contribution in [-0.2, 0) is 25.3 Å². The second-order valence-electron chi connectivity index (χ2n) is 6.80. The van der Waals surface area contributed by atoms with E-state index in [1.165, 1.54) is 11.1 Å². The van der Waals surface area contributed by atoms with Crippen molar-refractivity contribution in [2.24, 2.45) is 12.8 Å². The molecule has 114 valence electrons. The second-order valence-corrected chi connectivity index (χ2v) is 6.80. The first-order valence-electron chi connectivity index (χ1n) is 7.69. The van der Waals surface area contributed by atoms with E-state index in [1.54, 1.807) is 0 Å². The Labute approximate surface area is 128 Å². The van der Waals surface area contributed by atoms with Crippen molar-refractivity contribution in [3.63, 3.8) is 0 Å². The highest BCUT2D eigenvalue weighted by atomic mass is 15.3. The maximum Gasteiger partial charge on any atom is 0.0625 e. The molecule has 0 fully saturated rings. The lowest BCUT2D eigenvalue weighted by Crippen LogP contribution is -2.17. The Bertz CT molecular complexity index is 588. The van der Waals surface area contributed by atoms with E-state index in [0.717, 1.165) is 24.2 Å². The molecule has 0 aliphatic carbocycles. The fourth-order valence-corrected chi connectivity index (χ4v) is 2.56. The lowest BCUT2D eigenvalue weighted by molar-refractivity contribution is 0.588. The minimum Gasteiger partial charge on any atom is -0.322 e. The Morgan fingerprint density at radius 1 is 1.19 bits per heavy atom. The zero-order valence-electron chi connectivity index (χ0n) is 13.9. The van der Waals surface area contributed by atoms with Crippen LogP contribution in [0.5, 0.6) is 0 Å². The molecule has 2 N–H and O–H groups in total. The maximum absolute atomic E-state index is 6.36. The molecule has 0 saturated carbocycles. The molecule has 0 spiro atoms. The van der Waals surface area contributed by atoms with E-state index < -0.39 is 0 Å². The van der Waals surface area contributed by atoms with Crippen LogP contribution in [0, 0.1) is 0 Å². The summed E-state index contributed by atoms with van der Waals surface area (Å²) in [5, 5.41) is 4.47. The SMILES string of the molecule is CCc1cc(C(N)Cc2ccc(C(C)(C)C)cc2)n(C)n1. The quantitative estimate of drug-likeness (QED) is 0.934. The predicted octanol–water partition coefficient (Wildman–Crippen LogP) is 3.52. The number of aryl methyl sites for hydroxylation is 2. The monoisotopic (exact) mass is 285 g/mol. The summed E-state index contributed by atoms with van der Waals surface area (Å²) in [7, 11) is 1.97. The van der Waals surface area contributed by atoms with Gasteiger partial charge in [-0.1, -0.05) is 52.0 Å². The van der Waals surface area contributed by atoms with Gasteiger partial charge >= 0.3 is 0 Å². The summed E-state index contributed by atoms with van der Waals surface area (Å²) < 4.78 is 1.91. The number of hydrogen-bond acceptors (Lipinski definition) is 2. The lowest BCUT2D eigenvalue weighted by Gasteiger charge is -2.19. The summed E-state index contributed by atoms with van der Waals surface area (Å²) in [6, 6.07) is 10.9. The highest BCUT2D eigenvalue weighted by Gasteiger charge is 2.15. The Balaban J connectivity index is 2.12. The minimum absolute atomic E-state index is 0.0108. The largest absolute Gasteiger partial charge is 0.322 e. The van der Waals surface area contributed by atoms with Gasteiger partial charge < -0.3 is 5.73 Å². The van der Waals surface area contributed by atoms with Gasteiger partial charge in [-0.25, -0.2) is 0 Å². The van der Waals surface area contributed by atoms with Gasteiger partial charge in [-0.15, -0.1) is 0 Å². The number of benzene rings is 1. The van der Waals surface area contributed by atoms with Crippen LogP contribution in [0.4, 0.5) is 0 Å². The van der Waals surface area contributed by atoms with Gasteiger partial charge in [0.2, 0.25) is 0 Å². The van der Waals surface area contributed by atoms with Gasteiger partial charge in [-0.2, -0.15) is 5.10 Å². The smallest absolute Gasteiger partial charge is 0.0625 e. The van der Waals surface area contributed by atoms with E-state index in [4.69, 9.17) is 5.73 Å². The summed E-state index contributed by atoms with van der Waals surface area (Å²) in [5.74, 6) is 0. The third kappa shape index (κ3) is 3.73. The Hall–Kier alpha value is -1.61. The number of nitrogens with zero attached hydrogens (tertiary/aromatic N) is 2. The van der Waals surface area contributed by atoms with Crippen molar-refractivity contribution in [1.29, 1.82) is 0 Å². The third-order valence-corrected chi connectivity index (χ3v) is 3.98. The van der Waals surface area contributed by atoms with Gasteiger partial charge in [0.05, 0.1) is 17.4 Å². The minimum atomic E-state index is -0.0108. The van der Waals surface area contributed by atoms with Crippen LogP contribution in [0.1, 0.15) is 56.3 Å². The van der Waals surface area contributed by atoms with Crippen molar-refractivity contribution in [2.45, 2.75) is 52.0 Å². The first-order chi connectivity index (χ1) is 9.81. The average molecular weight is 285 g/mol. The topological polar surface area (TPSA) is 43.8 Å². The summed E-state index contributed by atoms with van der Waals surface area (Å²) >= 11 is 0. The summed E-state index contributed by atoms with van der Waals surface area (Å²) in [4.78, 5) is 0. The zero-order chi connectivity index (χ0) is 15.6. The van der Waals surface area contributed by atoms with Crippen LogP contribution in [0.25, 0.3) is 0 Å². The van der Waals surface area contributed by atoms with Crippen molar-refractivity contribution in [3.05, 3.63) is 52.8 Å². The molecule has 3 nitrogen and oxygen atoms in total. The lowest BCUT2D eigenvalue weighted by atomic mass is 9.86. The molecular weight excluding hydrogens is 258 g/mol. The molecule has 0 amide bonds. The molecule has 1 atom stereocenters. The Morgan fingerprint density at radius 2 is 1.81 bits per heavy atom. The van der Waals surface area contributed by atoms with Crippen LogP contribution < -0.4 is 5.73 Å². The number of aromatic nitrogens is 2. The van der Waals surface area contributed by atoms with Crippen LogP contribution >= 0.6 is 0 Å². The van der Waals surface area contributed by atoms with Crippen LogP contribution in [-0.4, -0.2) is 9.78 Å². The highest BCUT2D eigenvalue weighted by molar-refractivity contribution is 5.29. The molecule has 1 aromatic carbocycles. The number of nitrogens with two attached hydrogens (primary N) is 1. The van der Waals surface area contributed by atoms with Gasteiger partial charge in [0, 0.05) is 7.05 Å². The van der Waals surface area contributed by atoms with Crippen molar-refractivity contribution in [1.82, 2.24) is 9.78 Å². The molecule has 0 aliphatic heterocycles. The highest BCUT2D eigenvalue weighted by Crippen LogP contribution is 2.23. The van der Waals surface area contributed by atoms with Crippen molar-refractivity contribution in [2.75, 3.05) is 0 Å². The molecule has 0 radical (unpaired) electrons. The summed E-state index contributed by atoms with van der Waals surface area (Å²) in [6.07, 6.45) is 1.79. The molecule has 1 heterocycles. The van der Waals surface area contributed by atoms with E-state index in [-0.39, 0.29) is 11.5 Å². The van der Waals surface area contributed by atoms with Crippen LogP contribution in [0.15, 0.2) is 30.3 Å². The molecule has 1 unspecified atom stereocenters. The molecule has 2 rings (SSSR count). The Kier molecular flexibility index (Phi) is 4.52. The van der Waals surface area contributed by atoms with Crippen molar-refractivity contribution in [3.8, 4) is 0 Å². The van der Waals surface area contributed by atoms with E-state index in [1.807, 2.05) is 11.7 Å². The fourth-order valence-electron chi connectivity index (χ4n) is 2.56. The number of rotatable bonds is 4. The van der Waals surface area contributed by atoms with E-state index in [0.29, 0.717) is 0 Å². The van der Waals surface area contributed by atoms with Gasteiger partial charge in [-0.05, 0) is 35.4 Å². The third-order valence-electron chi connectivity index (χ3n) is 3.98. The first kappa shape index (κ1) is 15.8. The van der Waals surface area contributed by atoms with E-state index in [2.05, 4.69) is 63.1 Å².